The zero-order valence-electron chi connectivity index (χ0n) is 16.4. The molecule has 0 aromatic heterocycles. The molecule has 7 heteroatoms. The van der Waals surface area contributed by atoms with Crippen molar-refractivity contribution in [1.29, 1.82) is 0 Å². The summed E-state index contributed by atoms with van der Waals surface area (Å²) in [7, 11) is -3.69. The van der Waals surface area contributed by atoms with E-state index in [1.165, 1.54) is 12.1 Å². The summed E-state index contributed by atoms with van der Waals surface area (Å²) in [4.78, 5) is 12.6. The van der Waals surface area contributed by atoms with E-state index in [0.717, 1.165) is 18.4 Å². The first-order valence-electron chi connectivity index (χ1n) is 9.44. The van der Waals surface area contributed by atoms with Gasteiger partial charge in [0.2, 0.25) is 5.91 Å². The van der Waals surface area contributed by atoms with Crippen LogP contribution in [-0.4, -0.2) is 27.0 Å². The number of ether oxygens (including phenoxy) is 1. The monoisotopic (exact) mass is 402 g/mol. The van der Waals surface area contributed by atoms with E-state index in [-0.39, 0.29) is 16.8 Å². The summed E-state index contributed by atoms with van der Waals surface area (Å²) in [6.07, 6.45) is 1.62. The Morgan fingerprint density at radius 2 is 1.68 bits per heavy atom. The number of nitrogens with one attached hydrogen (secondary N) is 2. The average Bonchev–Trinajstić information content (AvgIpc) is 3.44. The minimum absolute atomic E-state index is 0.0326. The van der Waals surface area contributed by atoms with Crippen LogP contribution in [0.25, 0.3) is 0 Å². The molecule has 150 valence electrons. The van der Waals surface area contributed by atoms with Gasteiger partial charge in [-0.05, 0) is 75.6 Å². The van der Waals surface area contributed by atoms with Crippen LogP contribution in [0.1, 0.15) is 39.2 Å². The summed E-state index contributed by atoms with van der Waals surface area (Å²) in [5.41, 5.74) is 0.893. The SMILES string of the molecule is CCOc1ccc(S(=O)(=O)Nc2ccc(C3(C(=O)NC(C)C)CC3)cc2)cc1. The predicted molar refractivity (Wildman–Crippen MR) is 109 cm³/mol. The Balaban J connectivity index is 1.72. The van der Waals surface area contributed by atoms with Gasteiger partial charge in [0, 0.05) is 11.7 Å². The van der Waals surface area contributed by atoms with Crippen molar-refractivity contribution >= 4 is 21.6 Å². The van der Waals surface area contributed by atoms with E-state index in [2.05, 4.69) is 10.0 Å². The molecule has 0 unspecified atom stereocenters. The lowest BCUT2D eigenvalue weighted by Gasteiger charge is -2.18. The van der Waals surface area contributed by atoms with Gasteiger partial charge in [-0.3, -0.25) is 9.52 Å². The molecule has 1 aliphatic carbocycles. The molecule has 0 heterocycles. The van der Waals surface area contributed by atoms with Crippen LogP contribution in [0.2, 0.25) is 0 Å². The average molecular weight is 403 g/mol. The normalized spacial score (nSPS) is 15.1. The second kappa shape index (κ2) is 7.83. The lowest BCUT2D eigenvalue weighted by Crippen LogP contribution is -2.38. The molecule has 1 saturated carbocycles. The molecule has 1 aliphatic rings. The molecule has 0 saturated heterocycles. The topological polar surface area (TPSA) is 84.5 Å². The second-order valence-corrected chi connectivity index (χ2v) is 8.98. The molecule has 2 aromatic carbocycles. The van der Waals surface area contributed by atoms with Gasteiger partial charge >= 0.3 is 0 Å². The second-order valence-electron chi connectivity index (χ2n) is 7.30. The molecule has 28 heavy (non-hydrogen) atoms. The highest BCUT2D eigenvalue weighted by Crippen LogP contribution is 2.48. The van der Waals surface area contributed by atoms with Crippen LogP contribution in [0.5, 0.6) is 5.75 Å². The summed E-state index contributed by atoms with van der Waals surface area (Å²) >= 11 is 0. The Kier molecular flexibility index (Phi) is 5.65. The Bertz CT molecular complexity index is 931. The van der Waals surface area contributed by atoms with Crippen LogP contribution in [0.3, 0.4) is 0 Å². The van der Waals surface area contributed by atoms with Gasteiger partial charge in [0.1, 0.15) is 5.75 Å². The highest BCUT2D eigenvalue weighted by Gasteiger charge is 2.51. The van der Waals surface area contributed by atoms with Crippen molar-refractivity contribution in [2.45, 2.75) is 50.0 Å². The fourth-order valence-electron chi connectivity index (χ4n) is 3.13. The van der Waals surface area contributed by atoms with Crippen LogP contribution >= 0.6 is 0 Å². The van der Waals surface area contributed by atoms with E-state index in [1.807, 2.05) is 32.9 Å². The molecule has 1 fully saturated rings. The van der Waals surface area contributed by atoms with Crippen molar-refractivity contribution in [3.05, 3.63) is 54.1 Å². The maximum atomic E-state index is 12.6. The molecule has 2 N–H and O–H groups in total. The summed E-state index contributed by atoms with van der Waals surface area (Å²) in [6, 6.07) is 13.4. The maximum Gasteiger partial charge on any atom is 0.261 e. The van der Waals surface area contributed by atoms with Gasteiger partial charge < -0.3 is 10.1 Å². The fraction of sp³-hybridized carbons (Fsp3) is 0.381. The van der Waals surface area contributed by atoms with Crippen molar-refractivity contribution in [3.63, 3.8) is 0 Å². The highest BCUT2D eigenvalue weighted by atomic mass is 32.2. The number of hydrogen-bond donors (Lipinski definition) is 2. The molecule has 0 bridgehead atoms. The third-order valence-corrected chi connectivity index (χ3v) is 6.14. The largest absolute Gasteiger partial charge is 0.494 e. The number of carbonyl (C=O) groups excluding carboxylic acids is 1. The number of sulfonamides is 1. The van der Waals surface area contributed by atoms with Crippen LogP contribution < -0.4 is 14.8 Å². The molecule has 1 amide bonds. The molecular weight excluding hydrogens is 376 g/mol. The van der Waals surface area contributed by atoms with Crippen LogP contribution in [0, 0.1) is 0 Å². The summed E-state index contributed by atoms with van der Waals surface area (Å²) in [5.74, 6) is 0.658. The molecule has 0 radical (unpaired) electrons. The van der Waals surface area contributed by atoms with Gasteiger partial charge in [-0.15, -0.1) is 0 Å². The van der Waals surface area contributed by atoms with Gasteiger partial charge in [-0.1, -0.05) is 12.1 Å². The molecule has 2 aromatic rings. The standard InChI is InChI=1S/C21H26N2O4S/c1-4-27-18-9-11-19(12-10-18)28(25,26)23-17-7-5-16(6-8-17)21(13-14-21)20(24)22-15(2)3/h5-12,15,23H,4,13-14H2,1-3H3,(H,22,24). The van der Waals surface area contributed by atoms with Crippen molar-refractivity contribution in [2.24, 2.45) is 0 Å². The zero-order chi connectivity index (χ0) is 20.4. The first kappa shape index (κ1) is 20.2. The maximum absolute atomic E-state index is 12.6. The van der Waals surface area contributed by atoms with E-state index >= 15 is 0 Å². The van der Waals surface area contributed by atoms with E-state index in [9.17, 15) is 13.2 Å². The van der Waals surface area contributed by atoms with Gasteiger partial charge in [-0.2, -0.15) is 0 Å². The molecule has 3 rings (SSSR count). The lowest BCUT2D eigenvalue weighted by atomic mass is 9.94. The zero-order valence-corrected chi connectivity index (χ0v) is 17.2. The number of amides is 1. The Hall–Kier alpha value is -2.54. The van der Waals surface area contributed by atoms with Gasteiger partial charge in [-0.25, -0.2) is 8.42 Å². The summed E-state index contributed by atoms with van der Waals surface area (Å²) in [5, 5.41) is 2.97. The number of anilines is 1. The van der Waals surface area contributed by atoms with Crippen LogP contribution in [0.15, 0.2) is 53.4 Å². The molecule has 6 nitrogen and oxygen atoms in total. The smallest absolute Gasteiger partial charge is 0.261 e. The summed E-state index contributed by atoms with van der Waals surface area (Å²) < 4.78 is 33.1. The summed E-state index contributed by atoms with van der Waals surface area (Å²) in [6.45, 7) is 6.26. The third kappa shape index (κ3) is 4.30. The number of benzene rings is 2. The number of carbonyl (C=O) groups is 1. The van der Waals surface area contributed by atoms with Crippen molar-refractivity contribution in [2.75, 3.05) is 11.3 Å². The van der Waals surface area contributed by atoms with E-state index < -0.39 is 15.4 Å². The van der Waals surface area contributed by atoms with Gasteiger partial charge in [0.05, 0.1) is 16.9 Å². The minimum Gasteiger partial charge on any atom is -0.494 e. The lowest BCUT2D eigenvalue weighted by molar-refractivity contribution is -0.124. The third-order valence-electron chi connectivity index (χ3n) is 4.74. The molecular formula is C21H26N2O4S. The first-order valence-corrected chi connectivity index (χ1v) is 10.9. The van der Waals surface area contributed by atoms with Crippen molar-refractivity contribution in [3.8, 4) is 5.75 Å². The van der Waals surface area contributed by atoms with Crippen molar-refractivity contribution in [1.82, 2.24) is 5.32 Å². The van der Waals surface area contributed by atoms with E-state index in [1.54, 1.807) is 24.3 Å². The van der Waals surface area contributed by atoms with Crippen LogP contribution in [0.4, 0.5) is 5.69 Å². The van der Waals surface area contributed by atoms with E-state index in [0.29, 0.717) is 18.0 Å². The van der Waals surface area contributed by atoms with Gasteiger partial charge in [0.25, 0.3) is 10.0 Å². The quantitative estimate of drug-likeness (QED) is 0.708. The Labute approximate surface area is 166 Å². The molecule has 0 aliphatic heterocycles. The van der Waals surface area contributed by atoms with Gasteiger partial charge in [0.15, 0.2) is 0 Å². The Morgan fingerprint density at radius 3 is 2.18 bits per heavy atom. The number of hydrogen-bond acceptors (Lipinski definition) is 4. The minimum atomic E-state index is -3.69. The predicted octanol–water partition coefficient (Wildman–Crippen LogP) is 3.44. The van der Waals surface area contributed by atoms with Crippen molar-refractivity contribution < 1.29 is 17.9 Å². The Morgan fingerprint density at radius 1 is 1.07 bits per heavy atom. The molecule has 0 atom stereocenters. The van der Waals surface area contributed by atoms with Crippen LogP contribution in [-0.2, 0) is 20.2 Å². The van der Waals surface area contributed by atoms with E-state index in [4.69, 9.17) is 4.74 Å². The molecule has 0 spiro atoms. The highest BCUT2D eigenvalue weighted by molar-refractivity contribution is 7.92. The fourth-order valence-corrected chi connectivity index (χ4v) is 4.18. The first-order chi connectivity index (χ1) is 13.3. The number of rotatable bonds is 8.